The molecule has 0 atom stereocenters. The molecule has 0 bridgehead atoms. The van der Waals surface area contributed by atoms with Gasteiger partial charge in [0.15, 0.2) is 0 Å². The van der Waals surface area contributed by atoms with Crippen LogP contribution in [0.2, 0.25) is 0 Å². The van der Waals surface area contributed by atoms with Crippen molar-refractivity contribution in [2.24, 2.45) is 0 Å². The van der Waals surface area contributed by atoms with Gasteiger partial charge in [0.2, 0.25) is 5.91 Å². The van der Waals surface area contributed by atoms with Gasteiger partial charge in [-0.2, -0.15) is 0 Å². The van der Waals surface area contributed by atoms with Crippen LogP contribution in [0.25, 0.3) is 0 Å². The number of hydrogen-bond acceptors (Lipinski definition) is 5. The molecule has 6 nitrogen and oxygen atoms in total. The van der Waals surface area contributed by atoms with E-state index in [1.54, 1.807) is 7.11 Å². The van der Waals surface area contributed by atoms with E-state index < -0.39 is 5.97 Å². The van der Waals surface area contributed by atoms with E-state index in [2.05, 4.69) is 5.32 Å². The number of carbonyl (C=O) groups excluding carboxylic acids is 2. The lowest BCUT2D eigenvalue weighted by atomic mass is 9.94. The molecule has 1 amide bonds. The molecule has 2 aromatic rings. The Bertz CT molecular complexity index is 1020. The highest BCUT2D eigenvalue weighted by molar-refractivity contribution is 5.98. The van der Waals surface area contributed by atoms with Crippen LogP contribution in [-0.2, 0) is 29.1 Å². The van der Waals surface area contributed by atoms with Crippen LogP contribution in [0.4, 0.5) is 0 Å². The highest BCUT2D eigenvalue weighted by Gasteiger charge is 2.31. The van der Waals surface area contributed by atoms with Crippen LogP contribution in [0, 0.1) is 13.8 Å². The largest absolute Gasteiger partial charge is 0.507 e. The van der Waals surface area contributed by atoms with Gasteiger partial charge < -0.3 is 19.9 Å². The first kappa shape index (κ1) is 22.4. The smallest absolute Gasteiger partial charge is 0.342 e. The summed E-state index contributed by atoms with van der Waals surface area (Å²) in [5, 5.41) is 13.6. The van der Waals surface area contributed by atoms with Gasteiger partial charge in [-0.25, -0.2) is 4.79 Å². The first-order valence-electron chi connectivity index (χ1n) is 10.4. The van der Waals surface area contributed by atoms with E-state index in [1.165, 1.54) is 5.56 Å². The van der Waals surface area contributed by atoms with Crippen molar-refractivity contribution < 1.29 is 24.2 Å². The van der Waals surface area contributed by atoms with Gasteiger partial charge in [-0.15, -0.1) is 0 Å². The molecule has 1 aliphatic heterocycles. The van der Waals surface area contributed by atoms with Crippen LogP contribution in [-0.4, -0.2) is 24.1 Å². The molecule has 164 valence electrons. The Kier molecular flexibility index (Phi) is 7.00. The highest BCUT2D eigenvalue weighted by Crippen LogP contribution is 2.42. The maximum atomic E-state index is 12.2. The quantitative estimate of drug-likeness (QED) is 0.489. The molecule has 0 fully saturated rings. The van der Waals surface area contributed by atoms with Gasteiger partial charge >= 0.3 is 5.97 Å². The van der Waals surface area contributed by atoms with Crippen LogP contribution < -0.4 is 10.1 Å². The van der Waals surface area contributed by atoms with E-state index in [-0.39, 0.29) is 23.8 Å². The van der Waals surface area contributed by atoms with Crippen molar-refractivity contribution in [1.82, 2.24) is 5.32 Å². The molecule has 0 radical (unpaired) electrons. The molecule has 0 saturated heterocycles. The minimum absolute atomic E-state index is 0.00938. The summed E-state index contributed by atoms with van der Waals surface area (Å²) in [5.41, 5.74) is 5.54. The fourth-order valence-corrected chi connectivity index (χ4v) is 3.71. The van der Waals surface area contributed by atoms with Crippen LogP contribution in [0.3, 0.4) is 0 Å². The van der Waals surface area contributed by atoms with Crippen molar-refractivity contribution in [1.29, 1.82) is 0 Å². The highest BCUT2D eigenvalue weighted by atomic mass is 16.5. The summed E-state index contributed by atoms with van der Waals surface area (Å²) in [6.07, 6.45) is 3.34. The molecule has 1 aliphatic rings. The summed E-state index contributed by atoms with van der Waals surface area (Å²) >= 11 is 0. The molecule has 0 aromatic heterocycles. The first-order valence-corrected chi connectivity index (χ1v) is 10.4. The zero-order valence-corrected chi connectivity index (χ0v) is 18.5. The third kappa shape index (κ3) is 5.08. The SMILES string of the molecule is COc1c(C)c2c(c(O)c1C/C=C(\C)CCC(=O)NCc1ccc(C)cc1)C(=O)OC2. The Labute approximate surface area is 182 Å². The van der Waals surface area contributed by atoms with Gasteiger partial charge in [0.1, 0.15) is 23.7 Å². The molecular weight excluding hydrogens is 394 g/mol. The fourth-order valence-electron chi connectivity index (χ4n) is 3.71. The van der Waals surface area contributed by atoms with Crippen LogP contribution in [0.15, 0.2) is 35.9 Å². The van der Waals surface area contributed by atoms with Crippen molar-refractivity contribution in [3.8, 4) is 11.5 Å². The predicted octanol–water partition coefficient (Wildman–Crippen LogP) is 4.27. The lowest BCUT2D eigenvalue weighted by molar-refractivity contribution is -0.121. The van der Waals surface area contributed by atoms with Gasteiger partial charge in [-0.1, -0.05) is 41.5 Å². The minimum Gasteiger partial charge on any atom is -0.507 e. The van der Waals surface area contributed by atoms with Gasteiger partial charge in [0, 0.05) is 24.1 Å². The van der Waals surface area contributed by atoms with Crippen molar-refractivity contribution in [3.63, 3.8) is 0 Å². The number of aryl methyl sites for hydroxylation is 1. The molecule has 3 rings (SSSR count). The molecule has 0 spiro atoms. The average Bonchev–Trinajstić information content (AvgIpc) is 3.15. The number of rotatable bonds is 8. The molecule has 6 heteroatoms. The van der Waals surface area contributed by atoms with Crippen LogP contribution >= 0.6 is 0 Å². The predicted molar refractivity (Wildman–Crippen MR) is 118 cm³/mol. The van der Waals surface area contributed by atoms with Crippen molar-refractivity contribution in [2.75, 3.05) is 7.11 Å². The second-order valence-corrected chi connectivity index (χ2v) is 7.93. The van der Waals surface area contributed by atoms with Gasteiger partial charge in [0.25, 0.3) is 0 Å². The molecule has 1 heterocycles. The number of ether oxygens (including phenoxy) is 2. The molecule has 2 N–H and O–H groups in total. The van der Waals surface area contributed by atoms with Crippen molar-refractivity contribution in [2.45, 2.75) is 53.2 Å². The van der Waals surface area contributed by atoms with Crippen molar-refractivity contribution >= 4 is 11.9 Å². The van der Waals surface area contributed by atoms with Gasteiger partial charge in [-0.3, -0.25) is 4.79 Å². The molecular formula is C25H29NO5. The summed E-state index contributed by atoms with van der Waals surface area (Å²) in [6, 6.07) is 8.07. The average molecular weight is 424 g/mol. The number of phenolic OH excluding ortho intramolecular Hbond substituents is 1. The van der Waals surface area contributed by atoms with E-state index in [0.717, 1.165) is 16.7 Å². The summed E-state index contributed by atoms with van der Waals surface area (Å²) in [6.45, 7) is 6.50. The van der Waals surface area contributed by atoms with Crippen molar-refractivity contribution in [3.05, 3.63) is 69.3 Å². The number of hydrogen-bond donors (Lipinski definition) is 2. The molecule has 0 unspecified atom stereocenters. The van der Waals surface area contributed by atoms with Crippen LogP contribution in [0.5, 0.6) is 11.5 Å². The number of aromatic hydroxyl groups is 1. The summed E-state index contributed by atoms with van der Waals surface area (Å²) in [4.78, 5) is 24.2. The van der Waals surface area contributed by atoms with E-state index in [0.29, 0.717) is 42.7 Å². The topological polar surface area (TPSA) is 84.9 Å². The van der Waals surface area contributed by atoms with E-state index >= 15 is 0 Å². The van der Waals surface area contributed by atoms with Crippen LogP contribution in [0.1, 0.15) is 57.9 Å². The van der Waals surface area contributed by atoms with E-state index in [1.807, 2.05) is 51.1 Å². The van der Waals surface area contributed by atoms with Gasteiger partial charge in [-0.05, 0) is 44.7 Å². The fraction of sp³-hybridized carbons (Fsp3) is 0.360. The second kappa shape index (κ2) is 9.69. The molecule has 0 saturated carbocycles. The third-order valence-electron chi connectivity index (χ3n) is 5.66. The summed E-state index contributed by atoms with van der Waals surface area (Å²) in [5.74, 6) is -0.0374. The number of fused-ring (bicyclic) bond motifs is 1. The van der Waals surface area contributed by atoms with E-state index in [9.17, 15) is 14.7 Å². The standard InChI is InChI=1S/C25H29NO5/c1-15-5-9-18(10-6-15)13-26-21(27)12-8-16(2)7-11-19-23(28)22-20(14-31-25(22)29)17(3)24(19)30-4/h5-7,9-10,28H,8,11-14H2,1-4H3,(H,26,27)/b16-7+. The zero-order chi connectivity index (χ0) is 22.5. The first-order chi connectivity index (χ1) is 14.8. The summed E-state index contributed by atoms with van der Waals surface area (Å²) < 4.78 is 10.6. The normalized spacial score (nSPS) is 13.0. The maximum Gasteiger partial charge on any atom is 0.342 e. The monoisotopic (exact) mass is 423 g/mol. The number of phenols is 1. The third-order valence-corrected chi connectivity index (χ3v) is 5.66. The molecule has 0 aliphatic carbocycles. The Balaban J connectivity index is 1.61. The Morgan fingerprint density at radius 3 is 2.61 bits per heavy atom. The number of allylic oxidation sites excluding steroid dienone is 2. The number of benzene rings is 2. The minimum atomic E-state index is -0.509. The second-order valence-electron chi connectivity index (χ2n) is 7.93. The molecule has 2 aromatic carbocycles. The Morgan fingerprint density at radius 1 is 1.23 bits per heavy atom. The number of amides is 1. The Morgan fingerprint density at radius 2 is 1.94 bits per heavy atom. The number of esters is 1. The lowest BCUT2D eigenvalue weighted by Crippen LogP contribution is -2.22. The zero-order valence-electron chi connectivity index (χ0n) is 18.5. The maximum absolute atomic E-state index is 12.2. The number of methoxy groups -OCH3 is 1. The summed E-state index contributed by atoms with van der Waals surface area (Å²) in [7, 11) is 1.55. The number of cyclic esters (lactones) is 1. The number of nitrogens with one attached hydrogen (secondary N) is 1. The molecule has 31 heavy (non-hydrogen) atoms. The number of carbonyl (C=O) groups is 2. The lowest BCUT2D eigenvalue weighted by Gasteiger charge is -2.15. The van der Waals surface area contributed by atoms with E-state index in [4.69, 9.17) is 9.47 Å². The Hall–Kier alpha value is -3.28. The van der Waals surface area contributed by atoms with Gasteiger partial charge in [0.05, 0.1) is 7.11 Å².